The van der Waals surface area contributed by atoms with Gasteiger partial charge in [-0.3, -0.25) is 0 Å². The van der Waals surface area contributed by atoms with Crippen molar-refractivity contribution in [3.63, 3.8) is 0 Å². The van der Waals surface area contributed by atoms with Gasteiger partial charge in [-0.1, -0.05) is 25.7 Å². The molecule has 0 spiro atoms. The summed E-state index contributed by atoms with van der Waals surface area (Å²) in [5.41, 5.74) is 4.80. The van der Waals surface area contributed by atoms with E-state index in [-0.39, 0.29) is 0 Å². The first kappa shape index (κ1) is 12.8. The molecule has 0 aliphatic rings. The van der Waals surface area contributed by atoms with Gasteiger partial charge in [0.1, 0.15) is 0 Å². The number of hydrogen-bond donors (Lipinski definition) is 1. The minimum Gasteiger partial charge on any atom is -0.450 e. The van der Waals surface area contributed by atoms with Crippen LogP contribution in [0.25, 0.3) is 0 Å². The molecule has 0 rings (SSSR count). The second kappa shape index (κ2) is 9.85. The lowest BCUT2D eigenvalue weighted by molar-refractivity contribution is 0.154. The van der Waals surface area contributed by atoms with Crippen molar-refractivity contribution in [1.29, 1.82) is 5.26 Å². The normalized spacial score (nSPS) is 9.36. The minimum absolute atomic E-state index is 0.424. The highest BCUT2D eigenvalue weighted by Gasteiger charge is 1.94. The third-order valence-electron chi connectivity index (χ3n) is 1.93. The van der Waals surface area contributed by atoms with Crippen molar-refractivity contribution in [2.24, 2.45) is 5.73 Å². The summed E-state index contributed by atoms with van der Waals surface area (Å²) in [6.07, 6.45) is 6.29. The van der Waals surface area contributed by atoms with Crippen molar-refractivity contribution < 1.29 is 9.53 Å². The van der Waals surface area contributed by atoms with Crippen molar-refractivity contribution in [2.45, 2.75) is 44.9 Å². The number of nitrogens with two attached hydrogens (primary N) is 1. The van der Waals surface area contributed by atoms with E-state index in [1.807, 2.05) is 0 Å². The van der Waals surface area contributed by atoms with Gasteiger partial charge in [0.15, 0.2) is 0 Å². The van der Waals surface area contributed by atoms with Gasteiger partial charge in [-0.15, -0.1) is 0 Å². The SMILES string of the molecule is N#CCCCCCCCCOC(N)=O. The Hall–Kier alpha value is -1.24. The maximum absolute atomic E-state index is 10.2. The summed E-state index contributed by atoms with van der Waals surface area (Å²) < 4.78 is 4.58. The maximum Gasteiger partial charge on any atom is 0.404 e. The Morgan fingerprint density at radius 1 is 1.14 bits per heavy atom. The molecule has 0 aliphatic heterocycles. The summed E-state index contributed by atoms with van der Waals surface area (Å²) >= 11 is 0. The van der Waals surface area contributed by atoms with Crippen LogP contribution in [0.15, 0.2) is 0 Å². The topological polar surface area (TPSA) is 76.1 Å². The summed E-state index contributed by atoms with van der Waals surface area (Å²) in [5.74, 6) is 0. The molecule has 0 aromatic heterocycles. The smallest absolute Gasteiger partial charge is 0.404 e. The molecule has 2 N–H and O–H groups in total. The lowest BCUT2D eigenvalue weighted by Crippen LogP contribution is -2.13. The second-order valence-electron chi connectivity index (χ2n) is 3.20. The predicted molar refractivity (Wildman–Crippen MR) is 53.5 cm³/mol. The lowest BCUT2D eigenvalue weighted by atomic mass is 10.1. The van der Waals surface area contributed by atoms with Crippen molar-refractivity contribution >= 4 is 6.09 Å². The van der Waals surface area contributed by atoms with E-state index in [2.05, 4.69) is 10.8 Å². The molecule has 4 heteroatoms. The van der Waals surface area contributed by atoms with Crippen LogP contribution in [-0.4, -0.2) is 12.7 Å². The Kier molecular flexibility index (Phi) is 8.97. The van der Waals surface area contributed by atoms with E-state index in [4.69, 9.17) is 11.0 Å². The van der Waals surface area contributed by atoms with Crippen LogP contribution < -0.4 is 5.73 Å². The largest absolute Gasteiger partial charge is 0.450 e. The summed E-state index contributed by atoms with van der Waals surface area (Å²) in [7, 11) is 0. The van der Waals surface area contributed by atoms with Crippen molar-refractivity contribution in [3.05, 3.63) is 0 Å². The number of carbonyl (C=O) groups is 1. The average Bonchev–Trinajstić information content (AvgIpc) is 2.15. The van der Waals surface area contributed by atoms with E-state index < -0.39 is 6.09 Å². The van der Waals surface area contributed by atoms with Gasteiger partial charge >= 0.3 is 6.09 Å². The van der Waals surface area contributed by atoms with Gasteiger partial charge in [0.25, 0.3) is 0 Å². The molecule has 0 saturated carbocycles. The number of nitriles is 1. The Balaban J connectivity index is 2.93. The molecular weight excluding hydrogens is 180 g/mol. The fourth-order valence-corrected chi connectivity index (χ4v) is 1.19. The van der Waals surface area contributed by atoms with Crippen molar-refractivity contribution in [3.8, 4) is 6.07 Å². The van der Waals surface area contributed by atoms with Crippen LogP contribution in [0.1, 0.15) is 44.9 Å². The molecule has 0 saturated heterocycles. The molecule has 80 valence electrons. The highest BCUT2D eigenvalue weighted by Crippen LogP contribution is 2.06. The van der Waals surface area contributed by atoms with E-state index in [0.29, 0.717) is 13.0 Å². The van der Waals surface area contributed by atoms with E-state index in [1.165, 1.54) is 0 Å². The van der Waals surface area contributed by atoms with Gasteiger partial charge in [-0.2, -0.15) is 5.26 Å². The molecule has 0 heterocycles. The van der Waals surface area contributed by atoms with Crippen LogP contribution in [0.2, 0.25) is 0 Å². The number of amides is 1. The zero-order valence-electron chi connectivity index (χ0n) is 8.50. The van der Waals surface area contributed by atoms with Crippen LogP contribution >= 0.6 is 0 Å². The standard InChI is InChI=1S/C10H18N2O2/c11-8-6-4-2-1-3-5-7-9-14-10(12)13/h1-7,9H2,(H2,12,13). The van der Waals surface area contributed by atoms with Crippen LogP contribution in [0.4, 0.5) is 4.79 Å². The first-order valence-corrected chi connectivity index (χ1v) is 5.06. The molecule has 14 heavy (non-hydrogen) atoms. The Labute approximate surface area is 85.0 Å². The molecule has 0 atom stereocenters. The lowest BCUT2D eigenvalue weighted by Gasteiger charge is -2.01. The summed E-state index contributed by atoms with van der Waals surface area (Å²) in [6, 6.07) is 2.12. The van der Waals surface area contributed by atoms with Crippen LogP contribution in [-0.2, 0) is 4.74 Å². The molecular formula is C10H18N2O2. The van der Waals surface area contributed by atoms with Gasteiger partial charge in [0, 0.05) is 6.42 Å². The molecule has 0 aliphatic carbocycles. The molecule has 0 fully saturated rings. The van der Waals surface area contributed by atoms with E-state index >= 15 is 0 Å². The van der Waals surface area contributed by atoms with Crippen molar-refractivity contribution in [2.75, 3.05) is 6.61 Å². The molecule has 0 bridgehead atoms. The van der Waals surface area contributed by atoms with Gasteiger partial charge in [-0.25, -0.2) is 4.79 Å². The Bertz CT molecular complexity index is 187. The fraction of sp³-hybridized carbons (Fsp3) is 0.800. The third-order valence-corrected chi connectivity index (χ3v) is 1.93. The summed E-state index contributed by atoms with van der Waals surface area (Å²) in [5, 5.41) is 8.28. The monoisotopic (exact) mass is 198 g/mol. The first-order chi connectivity index (χ1) is 6.77. The van der Waals surface area contributed by atoms with Crippen LogP contribution in [0.3, 0.4) is 0 Å². The molecule has 1 amide bonds. The highest BCUT2D eigenvalue weighted by molar-refractivity contribution is 5.64. The highest BCUT2D eigenvalue weighted by atomic mass is 16.5. The van der Waals surface area contributed by atoms with Gasteiger partial charge < -0.3 is 10.5 Å². The van der Waals surface area contributed by atoms with E-state index in [9.17, 15) is 4.79 Å². The number of ether oxygens (including phenoxy) is 1. The van der Waals surface area contributed by atoms with Gasteiger partial charge in [0.05, 0.1) is 12.7 Å². The summed E-state index contributed by atoms with van der Waals surface area (Å²) in [6.45, 7) is 0.424. The number of unbranched alkanes of at least 4 members (excludes halogenated alkanes) is 6. The predicted octanol–water partition coefficient (Wildman–Crippen LogP) is 2.34. The number of rotatable bonds is 8. The second-order valence-corrected chi connectivity index (χ2v) is 3.20. The quantitative estimate of drug-likeness (QED) is 0.608. The van der Waals surface area contributed by atoms with Gasteiger partial charge in [0.2, 0.25) is 0 Å². The molecule has 4 nitrogen and oxygen atoms in total. The first-order valence-electron chi connectivity index (χ1n) is 5.06. The fourth-order valence-electron chi connectivity index (χ4n) is 1.19. The zero-order valence-corrected chi connectivity index (χ0v) is 8.50. The molecule has 0 unspecified atom stereocenters. The number of hydrogen-bond acceptors (Lipinski definition) is 3. The van der Waals surface area contributed by atoms with E-state index in [0.717, 1.165) is 38.5 Å². The van der Waals surface area contributed by atoms with Crippen LogP contribution in [0, 0.1) is 11.3 Å². The molecule has 0 radical (unpaired) electrons. The average molecular weight is 198 g/mol. The summed E-state index contributed by atoms with van der Waals surface area (Å²) in [4.78, 5) is 10.2. The maximum atomic E-state index is 10.2. The minimum atomic E-state index is -0.695. The van der Waals surface area contributed by atoms with E-state index in [1.54, 1.807) is 0 Å². The Morgan fingerprint density at radius 2 is 1.71 bits per heavy atom. The zero-order chi connectivity index (χ0) is 10.6. The van der Waals surface area contributed by atoms with Crippen LogP contribution in [0.5, 0.6) is 0 Å². The third kappa shape index (κ3) is 10.8. The molecule has 0 aromatic carbocycles. The molecule has 0 aromatic rings. The number of carbonyl (C=O) groups excluding carboxylic acids is 1. The van der Waals surface area contributed by atoms with Crippen molar-refractivity contribution in [1.82, 2.24) is 0 Å². The Morgan fingerprint density at radius 3 is 2.29 bits per heavy atom. The number of primary amides is 1. The number of nitrogens with zero attached hydrogens (tertiary/aromatic N) is 1. The van der Waals surface area contributed by atoms with Gasteiger partial charge in [-0.05, 0) is 12.8 Å².